The minimum Gasteiger partial charge on any atom is -0.496 e. The molecule has 0 fully saturated rings. The summed E-state index contributed by atoms with van der Waals surface area (Å²) in [5.41, 5.74) is 1.21. The molecular formula is C16H27NO3. The van der Waals surface area contributed by atoms with Crippen molar-refractivity contribution >= 4 is 0 Å². The third-order valence-electron chi connectivity index (χ3n) is 3.70. The van der Waals surface area contributed by atoms with Crippen molar-refractivity contribution in [2.24, 2.45) is 5.41 Å². The second-order valence-electron chi connectivity index (χ2n) is 5.98. The Bertz CT molecular complexity index is 413. The summed E-state index contributed by atoms with van der Waals surface area (Å²) in [6.07, 6.45) is 0. The predicted octanol–water partition coefficient (Wildman–Crippen LogP) is 3.24. The fraction of sp³-hybridized carbons (Fsp3) is 0.625. The van der Waals surface area contributed by atoms with E-state index >= 15 is 0 Å². The van der Waals surface area contributed by atoms with Gasteiger partial charge in [0.2, 0.25) is 0 Å². The lowest BCUT2D eigenvalue weighted by Gasteiger charge is -2.28. The van der Waals surface area contributed by atoms with Gasteiger partial charge in [-0.05, 0) is 12.3 Å². The van der Waals surface area contributed by atoms with E-state index in [2.05, 4.69) is 33.0 Å². The van der Waals surface area contributed by atoms with Gasteiger partial charge in [-0.25, -0.2) is 0 Å². The van der Waals surface area contributed by atoms with Gasteiger partial charge in [-0.15, -0.1) is 0 Å². The zero-order chi connectivity index (χ0) is 15.3. The molecule has 0 aliphatic heterocycles. The van der Waals surface area contributed by atoms with E-state index in [9.17, 15) is 0 Å². The molecule has 4 nitrogen and oxygen atoms in total. The Kier molecular flexibility index (Phi) is 5.69. The first-order valence-electron chi connectivity index (χ1n) is 6.85. The van der Waals surface area contributed by atoms with Gasteiger partial charge in [-0.1, -0.05) is 20.8 Å². The Morgan fingerprint density at radius 2 is 1.50 bits per heavy atom. The lowest BCUT2D eigenvalue weighted by molar-refractivity contribution is 0.281. The molecule has 1 aromatic carbocycles. The topological polar surface area (TPSA) is 39.7 Å². The lowest BCUT2D eigenvalue weighted by Crippen LogP contribution is -2.37. The monoisotopic (exact) mass is 281 g/mol. The molecule has 0 saturated heterocycles. The number of ether oxygens (including phenoxy) is 3. The van der Waals surface area contributed by atoms with E-state index in [4.69, 9.17) is 14.2 Å². The first-order valence-corrected chi connectivity index (χ1v) is 6.85. The van der Waals surface area contributed by atoms with Crippen LogP contribution in [0.4, 0.5) is 0 Å². The van der Waals surface area contributed by atoms with Gasteiger partial charge in [0.15, 0.2) is 0 Å². The average Bonchev–Trinajstić information content (AvgIpc) is 2.42. The molecule has 0 saturated carbocycles. The summed E-state index contributed by atoms with van der Waals surface area (Å²) in [7, 11) is 4.95. The SMILES string of the molecule is COc1cc(OC)c(CNC(C)C(C)(C)C)c(OC)c1. The molecule has 0 amide bonds. The smallest absolute Gasteiger partial charge is 0.130 e. The first-order chi connectivity index (χ1) is 9.33. The fourth-order valence-electron chi connectivity index (χ4n) is 1.81. The maximum atomic E-state index is 5.45. The maximum absolute atomic E-state index is 5.45. The summed E-state index contributed by atoms with van der Waals surface area (Å²) in [6, 6.07) is 4.13. The largest absolute Gasteiger partial charge is 0.496 e. The predicted molar refractivity (Wildman–Crippen MR) is 81.9 cm³/mol. The van der Waals surface area contributed by atoms with Crippen LogP contribution in [0.3, 0.4) is 0 Å². The molecule has 0 aromatic heterocycles. The van der Waals surface area contributed by atoms with Crippen LogP contribution in [0.2, 0.25) is 0 Å². The number of methoxy groups -OCH3 is 3. The van der Waals surface area contributed by atoms with Gasteiger partial charge in [0.05, 0.1) is 26.9 Å². The second kappa shape index (κ2) is 6.84. The molecule has 1 rings (SSSR count). The van der Waals surface area contributed by atoms with Gasteiger partial charge in [0, 0.05) is 24.7 Å². The van der Waals surface area contributed by atoms with Crippen molar-refractivity contribution in [1.29, 1.82) is 0 Å². The molecule has 4 heteroatoms. The van der Waals surface area contributed by atoms with E-state index in [1.54, 1.807) is 21.3 Å². The minimum absolute atomic E-state index is 0.201. The highest BCUT2D eigenvalue weighted by molar-refractivity contribution is 5.50. The molecule has 1 N–H and O–H groups in total. The van der Waals surface area contributed by atoms with Crippen LogP contribution in [0.15, 0.2) is 12.1 Å². The van der Waals surface area contributed by atoms with Crippen LogP contribution in [-0.4, -0.2) is 27.4 Å². The van der Waals surface area contributed by atoms with E-state index < -0.39 is 0 Å². The van der Waals surface area contributed by atoms with Gasteiger partial charge in [0.25, 0.3) is 0 Å². The summed E-state index contributed by atoms with van der Waals surface area (Å²) in [5.74, 6) is 2.27. The standard InChI is InChI=1S/C16H27NO3/c1-11(16(2,3)4)17-10-13-14(19-6)8-12(18-5)9-15(13)20-7/h8-9,11,17H,10H2,1-7H3. The third kappa shape index (κ3) is 4.04. The van der Waals surface area contributed by atoms with Crippen molar-refractivity contribution in [3.8, 4) is 17.2 Å². The maximum Gasteiger partial charge on any atom is 0.130 e. The Hall–Kier alpha value is -1.42. The summed E-state index contributed by atoms with van der Waals surface area (Å²) in [6.45, 7) is 9.52. The van der Waals surface area contributed by atoms with E-state index in [0.717, 1.165) is 22.8 Å². The summed E-state index contributed by atoms with van der Waals surface area (Å²) in [4.78, 5) is 0. The van der Waals surface area contributed by atoms with Crippen molar-refractivity contribution in [3.05, 3.63) is 17.7 Å². The average molecular weight is 281 g/mol. The number of hydrogen-bond donors (Lipinski definition) is 1. The third-order valence-corrected chi connectivity index (χ3v) is 3.70. The van der Waals surface area contributed by atoms with E-state index in [1.807, 2.05) is 12.1 Å². The van der Waals surface area contributed by atoms with Gasteiger partial charge < -0.3 is 19.5 Å². The fourth-order valence-corrected chi connectivity index (χ4v) is 1.81. The van der Waals surface area contributed by atoms with Crippen LogP contribution in [0.1, 0.15) is 33.3 Å². The van der Waals surface area contributed by atoms with Crippen LogP contribution in [0.5, 0.6) is 17.2 Å². The molecule has 0 radical (unpaired) electrons. The minimum atomic E-state index is 0.201. The van der Waals surface area contributed by atoms with Crippen molar-refractivity contribution in [2.75, 3.05) is 21.3 Å². The molecule has 1 unspecified atom stereocenters. The zero-order valence-corrected chi connectivity index (χ0v) is 13.7. The van der Waals surface area contributed by atoms with E-state index in [0.29, 0.717) is 12.6 Å². The molecular weight excluding hydrogens is 254 g/mol. The first kappa shape index (κ1) is 16.6. The van der Waals surface area contributed by atoms with Gasteiger partial charge in [-0.2, -0.15) is 0 Å². The highest BCUT2D eigenvalue weighted by Gasteiger charge is 2.21. The molecule has 1 aromatic rings. The Balaban J connectivity index is 2.98. The number of hydrogen-bond acceptors (Lipinski definition) is 4. The normalized spacial score (nSPS) is 12.9. The number of nitrogens with one attached hydrogen (secondary N) is 1. The number of rotatable bonds is 6. The molecule has 0 aliphatic rings. The second-order valence-corrected chi connectivity index (χ2v) is 5.98. The van der Waals surface area contributed by atoms with Gasteiger partial charge >= 0.3 is 0 Å². The molecule has 0 heterocycles. The van der Waals surface area contributed by atoms with Gasteiger partial charge in [0.1, 0.15) is 17.2 Å². The lowest BCUT2D eigenvalue weighted by atomic mass is 9.88. The summed E-state index contributed by atoms with van der Waals surface area (Å²) in [5, 5.41) is 3.52. The Morgan fingerprint density at radius 1 is 1.00 bits per heavy atom. The van der Waals surface area contributed by atoms with Crippen LogP contribution < -0.4 is 19.5 Å². The van der Waals surface area contributed by atoms with Crippen molar-refractivity contribution in [1.82, 2.24) is 5.32 Å². The highest BCUT2D eigenvalue weighted by Crippen LogP contribution is 2.34. The van der Waals surface area contributed by atoms with Crippen LogP contribution in [-0.2, 0) is 6.54 Å². The van der Waals surface area contributed by atoms with E-state index in [-0.39, 0.29) is 5.41 Å². The summed E-state index contributed by atoms with van der Waals surface area (Å²) < 4.78 is 16.2. The Morgan fingerprint density at radius 3 is 1.85 bits per heavy atom. The van der Waals surface area contributed by atoms with Crippen molar-refractivity contribution in [2.45, 2.75) is 40.3 Å². The van der Waals surface area contributed by atoms with Crippen LogP contribution in [0, 0.1) is 5.41 Å². The highest BCUT2D eigenvalue weighted by atomic mass is 16.5. The quantitative estimate of drug-likeness (QED) is 0.869. The summed E-state index contributed by atoms with van der Waals surface area (Å²) >= 11 is 0. The molecule has 0 spiro atoms. The van der Waals surface area contributed by atoms with Crippen molar-refractivity contribution < 1.29 is 14.2 Å². The molecule has 0 aliphatic carbocycles. The molecule has 1 atom stereocenters. The van der Waals surface area contributed by atoms with Crippen molar-refractivity contribution in [3.63, 3.8) is 0 Å². The van der Waals surface area contributed by atoms with Gasteiger partial charge in [-0.3, -0.25) is 0 Å². The number of benzene rings is 1. The molecule has 114 valence electrons. The van der Waals surface area contributed by atoms with Crippen LogP contribution in [0.25, 0.3) is 0 Å². The Labute approximate surface area is 122 Å². The zero-order valence-electron chi connectivity index (χ0n) is 13.7. The molecule has 0 bridgehead atoms. The van der Waals surface area contributed by atoms with E-state index in [1.165, 1.54) is 0 Å². The van der Waals surface area contributed by atoms with Crippen LogP contribution >= 0.6 is 0 Å². The molecule has 20 heavy (non-hydrogen) atoms.